The first-order chi connectivity index (χ1) is 9.74. The summed E-state index contributed by atoms with van der Waals surface area (Å²) in [6.07, 6.45) is 3.96. The molecule has 2 heterocycles. The summed E-state index contributed by atoms with van der Waals surface area (Å²) < 4.78 is 10.8. The van der Waals surface area contributed by atoms with Crippen molar-refractivity contribution in [3.05, 3.63) is 23.8 Å². The standard InChI is InChI=1S/C16H24N2O2/c1-12(18(2)10-14-5-3-4-8-17-14)13-6-7-15-16(9-13)20-11-19-15/h6-7,9,12,14,17H,3-5,8,10-11H2,1-2H3. The van der Waals surface area contributed by atoms with Crippen molar-refractivity contribution in [3.8, 4) is 11.5 Å². The highest BCUT2D eigenvalue weighted by Crippen LogP contribution is 2.35. The van der Waals surface area contributed by atoms with E-state index in [1.807, 2.05) is 6.07 Å². The zero-order chi connectivity index (χ0) is 13.9. The molecular formula is C16H24N2O2. The number of hydrogen-bond donors (Lipinski definition) is 1. The predicted molar refractivity (Wildman–Crippen MR) is 79.3 cm³/mol. The second-order valence-electron chi connectivity index (χ2n) is 5.88. The highest BCUT2D eigenvalue weighted by molar-refractivity contribution is 5.45. The first-order valence-corrected chi connectivity index (χ1v) is 7.57. The van der Waals surface area contributed by atoms with Gasteiger partial charge in [0.05, 0.1) is 0 Å². The molecule has 2 atom stereocenters. The molecule has 2 aliphatic heterocycles. The van der Waals surface area contributed by atoms with E-state index < -0.39 is 0 Å². The molecule has 0 saturated carbocycles. The van der Waals surface area contributed by atoms with Crippen LogP contribution < -0.4 is 14.8 Å². The summed E-state index contributed by atoms with van der Waals surface area (Å²) in [5, 5.41) is 3.61. The molecule has 0 aliphatic carbocycles. The summed E-state index contributed by atoms with van der Waals surface area (Å²) in [4.78, 5) is 2.42. The molecule has 4 heteroatoms. The Labute approximate surface area is 121 Å². The third kappa shape index (κ3) is 2.91. The zero-order valence-electron chi connectivity index (χ0n) is 12.4. The predicted octanol–water partition coefficient (Wildman–Crippen LogP) is 2.55. The van der Waals surface area contributed by atoms with E-state index in [2.05, 4.69) is 36.3 Å². The van der Waals surface area contributed by atoms with Gasteiger partial charge in [-0.15, -0.1) is 0 Å². The fraction of sp³-hybridized carbons (Fsp3) is 0.625. The molecule has 20 heavy (non-hydrogen) atoms. The molecule has 2 aliphatic rings. The van der Waals surface area contributed by atoms with Crippen LogP contribution in [0, 0.1) is 0 Å². The SMILES string of the molecule is CC(c1ccc2c(c1)OCO2)N(C)CC1CCCCN1. The van der Waals surface area contributed by atoms with Gasteiger partial charge >= 0.3 is 0 Å². The Kier molecular flexibility index (Phi) is 4.13. The Morgan fingerprint density at radius 1 is 1.30 bits per heavy atom. The minimum absolute atomic E-state index is 0.342. The van der Waals surface area contributed by atoms with Crippen molar-refractivity contribution >= 4 is 0 Å². The molecule has 1 fully saturated rings. The average molecular weight is 276 g/mol. The molecule has 0 radical (unpaired) electrons. The molecule has 0 amide bonds. The van der Waals surface area contributed by atoms with Crippen LogP contribution >= 0.6 is 0 Å². The van der Waals surface area contributed by atoms with Gasteiger partial charge < -0.3 is 14.8 Å². The molecule has 2 unspecified atom stereocenters. The zero-order valence-corrected chi connectivity index (χ0v) is 12.4. The van der Waals surface area contributed by atoms with Crippen LogP contribution in [-0.2, 0) is 0 Å². The maximum absolute atomic E-state index is 5.47. The average Bonchev–Trinajstić information content (AvgIpc) is 2.94. The van der Waals surface area contributed by atoms with Crippen LogP contribution in [0.3, 0.4) is 0 Å². The maximum atomic E-state index is 5.47. The normalized spacial score (nSPS) is 23.1. The lowest BCUT2D eigenvalue weighted by molar-refractivity contribution is 0.173. The van der Waals surface area contributed by atoms with Crippen molar-refractivity contribution in [2.75, 3.05) is 26.9 Å². The number of likely N-dealkylation sites (N-methyl/N-ethyl adjacent to an activating group) is 1. The molecule has 110 valence electrons. The van der Waals surface area contributed by atoms with Crippen LogP contribution in [0.2, 0.25) is 0 Å². The number of hydrogen-bond acceptors (Lipinski definition) is 4. The van der Waals surface area contributed by atoms with E-state index in [1.54, 1.807) is 0 Å². The van der Waals surface area contributed by atoms with Gasteiger partial charge in [-0.2, -0.15) is 0 Å². The van der Waals surface area contributed by atoms with Crippen LogP contribution in [-0.4, -0.2) is 37.9 Å². The number of nitrogens with one attached hydrogen (secondary N) is 1. The van der Waals surface area contributed by atoms with Gasteiger partial charge in [-0.3, -0.25) is 4.90 Å². The number of fused-ring (bicyclic) bond motifs is 1. The van der Waals surface area contributed by atoms with Gasteiger partial charge in [-0.25, -0.2) is 0 Å². The molecule has 4 nitrogen and oxygen atoms in total. The van der Waals surface area contributed by atoms with Gasteiger partial charge in [-0.1, -0.05) is 12.5 Å². The third-order valence-corrected chi connectivity index (χ3v) is 4.46. The number of nitrogens with zero attached hydrogens (tertiary/aromatic N) is 1. The largest absolute Gasteiger partial charge is 0.454 e. The van der Waals surface area contributed by atoms with Gasteiger partial charge in [0.25, 0.3) is 0 Å². The van der Waals surface area contributed by atoms with Gasteiger partial charge in [0, 0.05) is 18.6 Å². The molecule has 1 N–H and O–H groups in total. The van der Waals surface area contributed by atoms with Crippen molar-refractivity contribution < 1.29 is 9.47 Å². The molecule has 3 rings (SSSR count). The van der Waals surface area contributed by atoms with Crippen molar-refractivity contribution in [1.29, 1.82) is 0 Å². The molecule has 1 saturated heterocycles. The Morgan fingerprint density at radius 3 is 2.95 bits per heavy atom. The van der Waals surface area contributed by atoms with Gasteiger partial charge in [0.2, 0.25) is 6.79 Å². The second kappa shape index (κ2) is 6.02. The Bertz CT molecular complexity index is 458. The highest BCUT2D eigenvalue weighted by atomic mass is 16.7. The number of rotatable bonds is 4. The van der Waals surface area contributed by atoms with Crippen molar-refractivity contribution in [2.45, 2.75) is 38.3 Å². The topological polar surface area (TPSA) is 33.7 Å². The summed E-state index contributed by atoms with van der Waals surface area (Å²) >= 11 is 0. The van der Waals surface area contributed by atoms with Crippen molar-refractivity contribution in [2.24, 2.45) is 0 Å². The molecule has 0 spiro atoms. The first-order valence-electron chi connectivity index (χ1n) is 7.57. The number of piperidine rings is 1. The van der Waals surface area contributed by atoms with Gasteiger partial charge in [0.1, 0.15) is 0 Å². The molecule has 1 aromatic rings. The summed E-state index contributed by atoms with van der Waals surface area (Å²) in [6, 6.07) is 7.28. The van der Waals surface area contributed by atoms with E-state index in [1.165, 1.54) is 24.8 Å². The van der Waals surface area contributed by atoms with E-state index in [-0.39, 0.29) is 0 Å². The summed E-state index contributed by atoms with van der Waals surface area (Å²) in [7, 11) is 2.20. The van der Waals surface area contributed by atoms with E-state index >= 15 is 0 Å². The number of ether oxygens (including phenoxy) is 2. The van der Waals surface area contributed by atoms with Crippen LogP contribution in [0.25, 0.3) is 0 Å². The monoisotopic (exact) mass is 276 g/mol. The van der Waals surface area contributed by atoms with Gasteiger partial charge in [0.15, 0.2) is 11.5 Å². The van der Waals surface area contributed by atoms with E-state index in [0.29, 0.717) is 18.9 Å². The first kappa shape index (κ1) is 13.7. The molecule has 1 aromatic carbocycles. The van der Waals surface area contributed by atoms with E-state index in [9.17, 15) is 0 Å². The minimum Gasteiger partial charge on any atom is -0.454 e. The summed E-state index contributed by atoms with van der Waals surface area (Å²) in [5.41, 5.74) is 1.28. The fourth-order valence-corrected chi connectivity index (χ4v) is 3.01. The molecule has 0 bridgehead atoms. The van der Waals surface area contributed by atoms with Crippen LogP contribution in [0.1, 0.15) is 37.8 Å². The molecule has 0 aromatic heterocycles. The maximum Gasteiger partial charge on any atom is 0.231 e. The third-order valence-electron chi connectivity index (χ3n) is 4.46. The summed E-state index contributed by atoms with van der Waals surface area (Å²) in [6.45, 7) is 4.85. The van der Waals surface area contributed by atoms with Crippen molar-refractivity contribution in [1.82, 2.24) is 10.2 Å². The second-order valence-corrected chi connectivity index (χ2v) is 5.88. The quantitative estimate of drug-likeness (QED) is 0.916. The minimum atomic E-state index is 0.342. The van der Waals surface area contributed by atoms with E-state index in [4.69, 9.17) is 9.47 Å². The lowest BCUT2D eigenvalue weighted by atomic mass is 10.0. The number of benzene rings is 1. The van der Waals surface area contributed by atoms with Crippen molar-refractivity contribution in [3.63, 3.8) is 0 Å². The fourth-order valence-electron chi connectivity index (χ4n) is 3.01. The molecular weight excluding hydrogens is 252 g/mol. The Balaban J connectivity index is 1.63. The summed E-state index contributed by atoms with van der Waals surface area (Å²) in [5.74, 6) is 1.73. The Hall–Kier alpha value is -1.26. The highest BCUT2D eigenvalue weighted by Gasteiger charge is 2.21. The van der Waals surface area contributed by atoms with Gasteiger partial charge in [-0.05, 0) is 51.1 Å². The van der Waals surface area contributed by atoms with E-state index in [0.717, 1.165) is 24.6 Å². The van der Waals surface area contributed by atoms with Crippen LogP contribution in [0.15, 0.2) is 18.2 Å². The lowest BCUT2D eigenvalue weighted by Crippen LogP contribution is -2.43. The Morgan fingerprint density at radius 2 is 2.15 bits per heavy atom. The van der Waals surface area contributed by atoms with Crippen LogP contribution in [0.4, 0.5) is 0 Å². The lowest BCUT2D eigenvalue weighted by Gasteiger charge is -2.32. The van der Waals surface area contributed by atoms with Crippen LogP contribution in [0.5, 0.6) is 11.5 Å². The smallest absolute Gasteiger partial charge is 0.231 e.